The van der Waals surface area contributed by atoms with Crippen molar-refractivity contribution in [3.05, 3.63) is 33.8 Å². The monoisotopic (exact) mass is 284 g/mol. The molecular formula is C13H14Cl2N2O. The Morgan fingerprint density at radius 2 is 2.00 bits per heavy atom. The summed E-state index contributed by atoms with van der Waals surface area (Å²) in [5.74, 6) is 2.10. The average molecular weight is 285 g/mol. The van der Waals surface area contributed by atoms with Gasteiger partial charge in [-0.2, -0.15) is 0 Å². The van der Waals surface area contributed by atoms with Crippen LogP contribution in [0.4, 0.5) is 0 Å². The predicted molar refractivity (Wildman–Crippen MR) is 72.1 cm³/mol. The zero-order valence-corrected chi connectivity index (χ0v) is 11.3. The zero-order chi connectivity index (χ0) is 12.7. The van der Waals surface area contributed by atoms with E-state index in [1.165, 1.54) is 0 Å². The van der Waals surface area contributed by atoms with Gasteiger partial charge in [0.1, 0.15) is 0 Å². The van der Waals surface area contributed by atoms with Gasteiger partial charge < -0.3 is 10.6 Å². The maximum atomic E-state index is 11.9. The lowest BCUT2D eigenvalue weighted by molar-refractivity contribution is 0.0950. The molecule has 2 atom stereocenters. The molecule has 18 heavy (non-hydrogen) atoms. The summed E-state index contributed by atoms with van der Waals surface area (Å²) in [7, 11) is 0. The van der Waals surface area contributed by atoms with Crippen LogP contribution < -0.4 is 10.6 Å². The fraction of sp³-hybridized carbons (Fsp3) is 0.462. The minimum absolute atomic E-state index is 0.0773. The molecule has 1 heterocycles. The summed E-state index contributed by atoms with van der Waals surface area (Å²) in [6.45, 7) is 2.95. The summed E-state index contributed by atoms with van der Waals surface area (Å²) in [5, 5.41) is 7.19. The lowest BCUT2D eigenvalue weighted by atomic mass is 10.2. The molecule has 2 unspecified atom stereocenters. The predicted octanol–water partition coefficient (Wildman–Crippen LogP) is 2.19. The van der Waals surface area contributed by atoms with Crippen LogP contribution in [0.25, 0.3) is 0 Å². The fourth-order valence-corrected chi connectivity index (χ4v) is 3.10. The van der Waals surface area contributed by atoms with Crippen molar-refractivity contribution in [3.8, 4) is 0 Å². The third-order valence-corrected chi connectivity index (χ3v) is 4.69. The Bertz CT molecular complexity index is 482. The van der Waals surface area contributed by atoms with Gasteiger partial charge in [-0.3, -0.25) is 4.79 Å². The van der Waals surface area contributed by atoms with Crippen molar-refractivity contribution in [3.63, 3.8) is 0 Å². The van der Waals surface area contributed by atoms with Crippen molar-refractivity contribution in [2.24, 2.45) is 17.8 Å². The molecule has 1 aliphatic carbocycles. The Morgan fingerprint density at radius 3 is 2.67 bits per heavy atom. The van der Waals surface area contributed by atoms with Gasteiger partial charge in [0, 0.05) is 12.1 Å². The first-order valence-corrected chi connectivity index (χ1v) is 6.86. The van der Waals surface area contributed by atoms with Crippen LogP contribution in [0, 0.1) is 17.8 Å². The molecule has 1 aromatic rings. The van der Waals surface area contributed by atoms with Crippen molar-refractivity contribution >= 4 is 29.1 Å². The highest BCUT2D eigenvalue weighted by Crippen LogP contribution is 2.47. The average Bonchev–Trinajstić information content (AvgIpc) is 2.80. The molecule has 0 spiro atoms. The van der Waals surface area contributed by atoms with E-state index < -0.39 is 0 Å². The van der Waals surface area contributed by atoms with Crippen LogP contribution >= 0.6 is 23.2 Å². The fourth-order valence-electron chi connectivity index (χ4n) is 2.80. The van der Waals surface area contributed by atoms with E-state index in [1.54, 1.807) is 18.2 Å². The molecular weight excluding hydrogens is 271 g/mol. The third kappa shape index (κ3) is 2.22. The molecule has 2 fully saturated rings. The molecule has 2 aliphatic rings. The zero-order valence-electron chi connectivity index (χ0n) is 9.75. The van der Waals surface area contributed by atoms with E-state index in [0.29, 0.717) is 21.5 Å². The number of hydrogen-bond acceptors (Lipinski definition) is 2. The Hall–Kier alpha value is -0.770. The molecule has 3 rings (SSSR count). The number of benzene rings is 1. The van der Waals surface area contributed by atoms with Crippen molar-refractivity contribution < 1.29 is 4.79 Å². The van der Waals surface area contributed by atoms with Gasteiger partial charge >= 0.3 is 0 Å². The number of nitrogens with one attached hydrogen (secondary N) is 2. The Morgan fingerprint density at radius 1 is 1.28 bits per heavy atom. The van der Waals surface area contributed by atoms with E-state index in [0.717, 1.165) is 31.5 Å². The normalized spacial score (nSPS) is 28.9. The highest BCUT2D eigenvalue weighted by Gasteiger charge is 2.52. The number of piperidine rings is 1. The smallest absolute Gasteiger partial charge is 0.251 e. The summed E-state index contributed by atoms with van der Waals surface area (Å²) in [6.07, 6.45) is 0. The highest BCUT2D eigenvalue weighted by molar-refractivity contribution is 6.42. The van der Waals surface area contributed by atoms with Gasteiger partial charge in [-0.1, -0.05) is 23.2 Å². The standard InChI is InChI=1S/C13H14Cl2N2O/c14-11-2-1-7(3-12(11)15)13(18)17-6-10-8-4-16-5-9(8)10/h1-3,8-10,16H,4-6H2,(H,17,18). The number of hydrogen-bond donors (Lipinski definition) is 2. The molecule has 3 nitrogen and oxygen atoms in total. The first-order valence-electron chi connectivity index (χ1n) is 6.11. The second-order valence-electron chi connectivity index (χ2n) is 4.99. The number of fused-ring (bicyclic) bond motifs is 1. The number of carbonyl (C=O) groups excluding carboxylic acids is 1. The molecule has 5 heteroatoms. The van der Waals surface area contributed by atoms with E-state index in [4.69, 9.17) is 23.2 Å². The molecule has 1 saturated carbocycles. The lowest BCUT2D eigenvalue weighted by Gasteiger charge is -2.07. The topological polar surface area (TPSA) is 41.1 Å². The van der Waals surface area contributed by atoms with Gasteiger partial charge in [0.25, 0.3) is 5.91 Å². The van der Waals surface area contributed by atoms with Gasteiger partial charge in [0.2, 0.25) is 0 Å². The number of amides is 1. The summed E-state index contributed by atoms with van der Waals surface area (Å²) >= 11 is 11.7. The van der Waals surface area contributed by atoms with Gasteiger partial charge in [-0.25, -0.2) is 0 Å². The molecule has 0 radical (unpaired) electrons. The van der Waals surface area contributed by atoms with E-state index in [-0.39, 0.29) is 5.91 Å². The van der Waals surface area contributed by atoms with Crippen LogP contribution in [-0.4, -0.2) is 25.5 Å². The molecule has 1 aromatic carbocycles. The quantitative estimate of drug-likeness (QED) is 0.893. The SMILES string of the molecule is O=C(NCC1C2CNCC21)c1ccc(Cl)c(Cl)c1. The van der Waals surface area contributed by atoms with Gasteiger partial charge in [0.05, 0.1) is 10.0 Å². The Labute approximate surface area is 116 Å². The Balaban J connectivity index is 1.56. The first-order chi connectivity index (χ1) is 8.66. The van der Waals surface area contributed by atoms with Crippen LogP contribution in [-0.2, 0) is 0 Å². The molecule has 1 aliphatic heterocycles. The summed E-state index contributed by atoms with van der Waals surface area (Å²) in [4.78, 5) is 11.9. The molecule has 0 aromatic heterocycles. The third-order valence-electron chi connectivity index (χ3n) is 3.95. The van der Waals surface area contributed by atoms with E-state index in [1.807, 2.05) is 0 Å². The van der Waals surface area contributed by atoms with Gasteiger partial charge in [-0.05, 0) is 49.0 Å². The summed E-state index contributed by atoms with van der Waals surface area (Å²) in [5.41, 5.74) is 0.563. The van der Waals surface area contributed by atoms with Crippen LogP contribution in [0.1, 0.15) is 10.4 Å². The van der Waals surface area contributed by atoms with Crippen LogP contribution in [0.3, 0.4) is 0 Å². The number of rotatable bonds is 3. The summed E-state index contributed by atoms with van der Waals surface area (Å²) < 4.78 is 0. The highest BCUT2D eigenvalue weighted by atomic mass is 35.5. The number of carbonyl (C=O) groups is 1. The second kappa shape index (κ2) is 4.72. The largest absolute Gasteiger partial charge is 0.352 e. The maximum absolute atomic E-state index is 11.9. The van der Waals surface area contributed by atoms with Crippen molar-refractivity contribution in [1.29, 1.82) is 0 Å². The van der Waals surface area contributed by atoms with E-state index in [2.05, 4.69) is 10.6 Å². The Kier molecular flexibility index (Phi) is 3.22. The van der Waals surface area contributed by atoms with Crippen molar-refractivity contribution in [1.82, 2.24) is 10.6 Å². The molecule has 2 N–H and O–H groups in total. The lowest BCUT2D eigenvalue weighted by Crippen LogP contribution is -2.28. The minimum Gasteiger partial charge on any atom is -0.352 e. The van der Waals surface area contributed by atoms with Crippen LogP contribution in [0.15, 0.2) is 18.2 Å². The molecule has 0 bridgehead atoms. The van der Waals surface area contributed by atoms with Gasteiger partial charge in [0.15, 0.2) is 0 Å². The summed E-state index contributed by atoms with van der Waals surface area (Å²) in [6, 6.07) is 4.95. The first kappa shape index (κ1) is 12.3. The second-order valence-corrected chi connectivity index (χ2v) is 5.80. The maximum Gasteiger partial charge on any atom is 0.251 e. The van der Waals surface area contributed by atoms with E-state index in [9.17, 15) is 4.79 Å². The molecule has 96 valence electrons. The van der Waals surface area contributed by atoms with Gasteiger partial charge in [-0.15, -0.1) is 0 Å². The number of halogens is 2. The van der Waals surface area contributed by atoms with Crippen molar-refractivity contribution in [2.45, 2.75) is 0 Å². The van der Waals surface area contributed by atoms with Crippen LogP contribution in [0.2, 0.25) is 10.0 Å². The molecule has 1 amide bonds. The van der Waals surface area contributed by atoms with E-state index >= 15 is 0 Å². The molecule has 1 saturated heterocycles. The minimum atomic E-state index is -0.0773. The van der Waals surface area contributed by atoms with Crippen molar-refractivity contribution in [2.75, 3.05) is 19.6 Å². The van der Waals surface area contributed by atoms with Crippen LogP contribution in [0.5, 0.6) is 0 Å².